The summed E-state index contributed by atoms with van der Waals surface area (Å²) < 4.78 is 0. The Hall–Kier alpha value is -0.0800. The third-order valence-corrected chi connectivity index (χ3v) is 4.06. The predicted molar refractivity (Wildman–Crippen MR) is 60.2 cm³/mol. The Labute approximate surface area is 87.8 Å². The molecule has 0 radical (unpaired) electrons. The largest absolute Gasteiger partial charge is 0.330 e. The highest BCUT2D eigenvalue weighted by molar-refractivity contribution is 4.93. The third-order valence-electron chi connectivity index (χ3n) is 4.06. The van der Waals surface area contributed by atoms with Crippen LogP contribution in [0.3, 0.4) is 0 Å². The van der Waals surface area contributed by atoms with E-state index in [1.54, 1.807) is 0 Å². The van der Waals surface area contributed by atoms with Crippen molar-refractivity contribution in [3.63, 3.8) is 0 Å². The van der Waals surface area contributed by atoms with Crippen LogP contribution < -0.4 is 5.73 Å². The Morgan fingerprint density at radius 2 is 1.79 bits per heavy atom. The molecule has 0 aromatic carbocycles. The molecule has 0 spiro atoms. The van der Waals surface area contributed by atoms with E-state index < -0.39 is 0 Å². The van der Waals surface area contributed by atoms with Crippen LogP contribution in [0.2, 0.25) is 0 Å². The molecule has 0 saturated carbocycles. The van der Waals surface area contributed by atoms with E-state index in [0.29, 0.717) is 0 Å². The van der Waals surface area contributed by atoms with E-state index in [4.69, 9.17) is 5.73 Å². The summed E-state index contributed by atoms with van der Waals surface area (Å²) in [6.45, 7) is 5.58. The molecule has 0 amide bonds. The number of nitrogens with zero attached hydrogens (tertiary/aromatic N) is 1. The second kappa shape index (κ2) is 4.19. The van der Waals surface area contributed by atoms with Gasteiger partial charge in [0, 0.05) is 18.1 Å². The van der Waals surface area contributed by atoms with E-state index >= 15 is 0 Å². The van der Waals surface area contributed by atoms with E-state index in [-0.39, 0.29) is 0 Å². The number of hydrogen-bond acceptors (Lipinski definition) is 2. The summed E-state index contributed by atoms with van der Waals surface area (Å²) in [7, 11) is 0. The Morgan fingerprint density at radius 1 is 1.21 bits per heavy atom. The van der Waals surface area contributed by atoms with Gasteiger partial charge in [0.05, 0.1) is 0 Å². The van der Waals surface area contributed by atoms with Crippen molar-refractivity contribution in [1.82, 2.24) is 4.90 Å². The lowest BCUT2D eigenvalue weighted by molar-refractivity contribution is -0.00792. The van der Waals surface area contributed by atoms with Gasteiger partial charge in [-0.25, -0.2) is 0 Å². The summed E-state index contributed by atoms with van der Waals surface area (Å²) in [6, 6.07) is 2.41. The molecule has 2 fully saturated rings. The van der Waals surface area contributed by atoms with Crippen LogP contribution in [0.5, 0.6) is 0 Å². The van der Waals surface area contributed by atoms with E-state index in [0.717, 1.165) is 30.6 Å². The Morgan fingerprint density at radius 3 is 2.21 bits per heavy atom. The summed E-state index contributed by atoms with van der Waals surface area (Å²) in [4.78, 5) is 2.76. The predicted octanol–water partition coefficient (Wildman–Crippen LogP) is 1.99. The summed E-state index contributed by atoms with van der Waals surface area (Å²) in [5.41, 5.74) is 5.81. The molecule has 2 aliphatic rings. The minimum atomic E-state index is 0.726. The minimum absolute atomic E-state index is 0.726. The van der Waals surface area contributed by atoms with Crippen LogP contribution in [0.15, 0.2) is 0 Å². The van der Waals surface area contributed by atoms with E-state index in [9.17, 15) is 0 Å². The first-order valence-corrected chi connectivity index (χ1v) is 6.20. The number of rotatable bonds is 2. The highest BCUT2D eigenvalue weighted by Crippen LogP contribution is 2.37. The van der Waals surface area contributed by atoms with Gasteiger partial charge in [-0.05, 0) is 52.0 Å². The second-order valence-corrected chi connectivity index (χ2v) is 5.35. The molecule has 0 aromatic heterocycles. The fourth-order valence-electron chi connectivity index (χ4n) is 3.57. The van der Waals surface area contributed by atoms with Crippen LogP contribution >= 0.6 is 0 Å². The smallest absolute Gasteiger partial charge is 0.0104 e. The summed E-state index contributed by atoms with van der Waals surface area (Å²) >= 11 is 0. The standard InChI is InChI=1S/C12H24N2/c1-9(2)14-11-4-3-5-12(14)7-10(6-11)8-13/h9-12H,3-8,13H2,1-2H3/t11-,12-/m1/s1. The van der Waals surface area contributed by atoms with Gasteiger partial charge in [-0.15, -0.1) is 0 Å². The maximum Gasteiger partial charge on any atom is 0.0104 e. The molecule has 0 aliphatic carbocycles. The molecule has 82 valence electrons. The van der Waals surface area contributed by atoms with Crippen LogP contribution in [-0.2, 0) is 0 Å². The maximum absolute atomic E-state index is 5.81. The third kappa shape index (κ3) is 1.82. The molecular formula is C12H24N2. The van der Waals surface area contributed by atoms with Gasteiger partial charge in [-0.3, -0.25) is 4.90 Å². The minimum Gasteiger partial charge on any atom is -0.330 e. The maximum atomic E-state index is 5.81. The molecule has 2 saturated heterocycles. The molecule has 2 heterocycles. The lowest BCUT2D eigenvalue weighted by Crippen LogP contribution is -2.55. The number of hydrogen-bond donors (Lipinski definition) is 1. The van der Waals surface area contributed by atoms with Crippen LogP contribution in [0, 0.1) is 5.92 Å². The van der Waals surface area contributed by atoms with Crippen molar-refractivity contribution in [2.75, 3.05) is 6.54 Å². The average molecular weight is 196 g/mol. The van der Waals surface area contributed by atoms with Gasteiger partial charge >= 0.3 is 0 Å². The van der Waals surface area contributed by atoms with E-state index in [2.05, 4.69) is 18.7 Å². The van der Waals surface area contributed by atoms with E-state index in [1.165, 1.54) is 32.1 Å². The van der Waals surface area contributed by atoms with Gasteiger partial charge < -0.3 is 5.73 Å². The van der Waals surface area contributed by atoms with Crippen molar-refractivity contribution >= 4 is 0 Å². The van der Waals surface area contributed by atoms with Crippen LogP contribution in [0.4, 0.5) is 0 Å². The fraction of sp³-hybridized carbons (Fsp3) is 1.00. The molecule has 14 heavy (non-hydrogen) atoms. The first-order valence-electron chi connectivity index (χ1n) is 6.20. The molecule has 0 unspecified atom stereocenters. The highest BCUT2D eigenvalue weighted by atomic mass is 15.2. The topological polar surface area (TPSA) is 29.3 Å². The molecule has 2 rings (SSSR count). The van der Waals surface area contributed by atoms with Gasteiger partial charge in [0.2, 0.25) is 0 Å². The van der Waals surface area contributed by atoms with Crippen molar-refractivity contribution in [3.8, 4) is 0 Å². The molecule has 2 N–H and O–H groups in total. The molecule has 0 aromatic rings. The molecular weight excluding hydrogens is 172 g/mol. The highest BCUT2D eigenvalue weighted by Gasteiger charge is 2.38. The number of nitrogens with two attached hydrogens (primary N) is 1. The zero-order chi connectivity index (χ0) is 10.1. The van der Waals surface area contributed by atoms with Gasteiger partial charge in [-0.2, -0.15) is 0 Å². The number of piperidine rings is 2. The first kappa shape index (κ1) is 10.4. The Bertz CT molecular complexity index is 177. The number of fused-ring (bicyclic) bond motifs is 2. The van der Waals surface area contributed by atoms with Gasteiger partial charge in [0.25, 0.3) is 0 Å². The second-order valence-electron chi connectivity index (χ2n) is 5.35. The van der Waals surface area contributed by atoms with Crippen LogP contribution in [0.25, 0.3) is 0 Å². The SMILES string of the molecule is CC(C)N1[C@@H]2CCC[C@@H]1CC(CN)C2. The average Bonchev–Trinajstić information content (AvgIpc) is 2.15. The summed E-state index contributed by atoms with van der Waals surface area (Å²) in [6.07, 6.45) is 6.96. The molecule has 2 bridgehead atoms. The quantitative estimate of drug-likeness (QED) is 0.732. The summed E-state index contributed by atoms with van der Waals surface area (Å²) in [5, 5.41) is 0. The van der Waals surface area contributed by atoms with Gasteiger partial charge in [-0.1, -0.05) is 6.42 Å². The molecule has 2 heteroatoms. The Kier molecular flexibility index (Phi) is 3.13. The molecule has 2 atom stereocenters. The fourth-order valence-corrected chi connectivity index (χ4v) is 3.57. The zero-order valence-electron chi connectivity index (χ0n) is 9.58. The Balaban J connectivity index is 2.07. The van der Waals surface area contributed by atoms with Crippen molar-refractivity contribution in [2.45, 2.75) is 64.1 Å². The zero-order valence-corrected chi connectivity index (χ0v) is 9.58. The van der Waals surface area contributed by atoms with E-state index in [1.807, 2.05) is 0 Å². The normalized spacial score (nSPS) is 39.0. The molecule has 2 aliphatic heterocycles. The molecule has 2 nitrogen and oxygen atoms in total. The summed E-state index contributed by atoms with van der Waals surface area (Å²) in [5.74, 6) is 0.806. The first-order chi connectivity index (χ1) is 6.72. The lowest BCUT2D eigenvalue weighted by atomic mass is 9.77. The van der Waals surface area contributed by atoms with Crippen molar-refractivity contribution in [2.24, 2.45) is 11.7 Å². The van der Waals surface area contributed by atoms with Crippen molar-refractivity contribution in [3.05, 3.63) is 0 Å². The van der Waals surface area contributed by atoms with Crippen LogP contribution in [0.1, 0.15) is 46.0 Å². The van der Waals surface area contributed by atoms with Crippen LogP contribution in [-0.4, -0.2) is 29.6 Å². The van der Waals surface area contributed by atoms with Crippen molar-refractivity contribution in [1.29, 1.82) is 0 Å². The van der Waals surface area contributed by atoms with Crippen molar-refractivity contribution < 1.29 is 0 Å². The monoisotopic (exact) mass is 196 g/mol. The van der Waals surface area contributed by atoms with Gasteiger partial charge in [0.1, 0.15) is 0 Å². The lowest BCUT2D eigenvalue weighted by Gasteiger charge is -2.51. The van der Waals surface area contributed by atoms with Gasteiger partial charge in [0.15, 0.2) is 0 Å².